The highest BCUT2D eigenvalue weighted by molar-refractivity contribution is 7.87. The second-order valence-corrected chi connectivity index (χ2v) is 11.7. The Labute approximate surface area is 191 Å². The third-order valence-corrected chi connectivity index (χ3v) is 6.78. The zero-order valence-electron chi connectivity index (χ0n) is 19.8. The Balaban J connectivity index is 2.10. The molecule has 1 aromatic rings. The number of carbonyl (C=O) groups excluding carboxylic acids is 2. The molecule has 0 bridgehead atoms. The van der Waals surface area contributed by atoms with E-state index in [1.165, 1.54) is 4.31 Å². The Bertz CT molecular complexity index is 890. The number of rotatable bonds is 5. The maximum absolute atomic E-state index is 13.1. The van der Waals surface area contributed by atoms with E-state index >= 15 is 0 Å². The number of hydrogen-bond acceptors (Lipinski definition) is 6. The number of carbonyl (C=O) groups is 2. The van der Waals surface area contributed by atoms with E-state index in [9.17, 15) is 18.0 Å². The molecule has 1 fully saturated rings. The van der Waals surface area contributed by atoms with Gasteiger partial charge in [0.1, 0.15) is 12.2 Å². The minimum atomic E-state index is -4.09. The third-order valence-electron chi connectivity index (χ3n) is 4.90. The highest BCUT2D eigenvalue weighted by atomic mass is 32.2. The molecule has 0 unspecified atom stereocenters. The number of ether oxygens (including phenoxy) is 2. The molecule has 10 heteroatoms. The maximum atomic E-state index is 13.1. The van der Waals surface area contributed by atoms with Gasteiger partial charge in [0.05, 0.1) is 6.04 Å². The first-order valence-corrected chi connectivity index (χ1v) is 12.1. The summed E-state index contributed by atoms with van der Waals surface area (Å²) in [6, 6.07) is 8.52. The molecule has 0 spiro atoms. The van der Waals surface area contributed by atoms with Gasteiger partial charge in [0, 0.05) is 19.6 Å². The summed E-state index contributed by atoms with van der Waals surface area (Å²) in [6.07, 6.45) is -1.07. The van der Waals surface area contributed by atoms with E-state index in [0.717, 1.165) is 9.87 Å². The Kier molecular flexibility index (Phi) is 8.17. The van der Waals surface area contributed by atoms with E-state index < -0.39 is 39.5 Å². The van der Waals surface area contributed by atoms with Gasteiger partial charge in [-0.25, -0.2) is 9.59 Å². The van der Waals surface area contributed by atoms with Crippen LogP contribution in [0.1, 0.15) is 53.5 Å². The molecule has 0 saturated carbocycles. The Morgan fingerprint density at radius 2 is 1.69 bits per heavy atom. The fourth-order valence-electron chi connectivity index (χ4n) is 3.11. The van der Waals surface area contributed by atoms with Gasteiger partial charge in [-0.2, -0.15) is 17.0 Å². The summed E-state index contributed by atoms with van der Waals surface area (Å²) in [5.74, 6) is 0. The molecule has 1 aromatic carbocycles. The molecule has 2 rings (SSSR count). The SMILES string of the molecule is CC(C)(C)OC(=O)N[C@H](CN1CCCN(C(=O)OCc2ccccc2)S1(=O)=O)C(C)(C)C. The van der Waals surface area contributed by atoms with E-state index in [-0.39, 0.29) is 26.2 Å². The molecule has 32 heavy (non-hydrogen) atoms. The molecule has 2 amide bonds. The van der Waals surface area contributed by atoms with Gasteiger partial charge in [-0.15, -0.1) is 0 Å². The van der Waals surface area contributed by atoms with Crippen LogP contribution >= 0.6 is 0 Å². The average Bonchev–Trinajstić information content (AvgIpc) is 2.65. The van der Waals surface area contributed by atoms with Crippen molar-refractivity contribution in [1.82, 2.24) is 13.9 Å². The van der Waals surface area contributed by atoms with Crippen LogP contribution in [0, 0.1) is 5.41 Å². The van der Waals surface area contributed by atoms with Gasteiger partial charge in [-0.3, -0.25) is 0 Å². The predicted molar refractivity (Wildman–Crippen MR) is 121 cm³/mol. The first-order chi connectivity index (χ1) is 14.7. The van der Waals surface area contributed by atoms with Crippen molar-refractivity contribution >= 4 is 22.4 Å². The molecule has 1 aliphatic heterocycles. The van der Waals surface area contributed by atoms with Gasteiger partial charge < -0.3 is 14.8 Å². The monoisotopic (exact) mass is 469 g/mol. The van der Waals surface area contributed by atoms with Crippen molar-refractivity contribution in [2.24, 2.45) is 5.41 Å². The lowest BCUT2D eigenvalue weighted by molar-refractivity contribution is 0.0448. The molecule has 1 heterocycles. The quantitative estimate of drug-likeness (QED) is 0.707. The van der Waals surface area contributed by atoms with Gasteiger partial charge in [0.15, 0.2) is 0 Å². The second-order valence-electron chi connectivity index (χ2n) is 9.90. The number of hydrogen-bond donors (Lipinski definition) is 1. The van der Waals surface area contributed by atoms with Crippen LogP contribution in [-0.2, 0) is 26.3 Å². The minimum absolute atomic E-state index is 0.00748. The molecule has 9 nitrogen and oxygen atoms in total. The summed E-state index contributed by atoms with van der Waals surface area (Å²) >= 11 is 0. The zero-order chi connectivity index (χ0) is 24.2. The van der Waals surface area contributed by atoms with Crippen molar-refractivity contribution < 1.29 is 27.5 Å². The number of amides is 2. The van der Waals surface area contributed by atoms with Crippen LogP contribution in [0.3, 0.4) is 0 Å². The second kappa shape index (κ2) is 10.1. The Hall–Kier alpha value is -2.33. The summed E-state index contributed by atoms with van der Waals surface area (Å²) in [5, 5.41) is 2.79. The fraction of sp³-hybridized carbons (Fsp3) is 0.636. The van der Waals surface area contributed by atoms with E-state index in [1.54, 1.807) is 32.9 Å². The summed E-state index contributed by atoms with van der Waals surface area (Å²) in [5.41, 5.74) is -0.368. The smallest absolute Gasteiger partial charge is 0.424 e. The molecule has 0 aromatic heterocycles. The topological polar surface area (TPSA) is 105 Å². The lowest BCUT2D eigenvalue weighted by Gasteiger charge is -2.39. The molecule has 1 saturated heterocycles. The van der Waals surface area contributed by atoms with Crippen LogP contribution in [0.2, 0.25) is 0 Å². The van der Waals surface area contributed by atoms with E-state index in [1.807, 2.05) is 39.0 Å². The van der Waals surface area contributed by atoms with Crippen LogP contribution in [0.4, 0.5) is 9.59 Å². The largest absolute Gasteiger partial charge is 0.444 e. The Morgan fingerprint density at radius 1 is 1.06 bits per heavy atom. The van der Waals surface area contributed by atoms with Crippen LogP contribution in [0.5, 0.6) is 0 Å². The van der Waals surface area contributed by atoms with Crippen molar-refractivity contribution in [2.45, 2.75) is 66.2 Å². The molecule has 0 radical (unpaired) electrons. The third kappa shape index (κ3) is 7.37. The van der Waals surface area contributed by atoms with Crippen molar-refractivity contribution in [1.29, 1.82) is 0 Å². The number of nitrogens with one attached hydrogen (secondary N) is 1. The van der Waals surface area contributed by atoms with Crippen molar-refractivity contribution in [3.8, 4) is 0 Å². The number of nitrogens with zero attached hydrogens (tertiary/aromatic N) is 2. The van der Waals surface area contributed by atoms with Gasteiger partial charge in [0.2, 0.25) is 0 Å². The number of benzene rings is 1. The maximum Gasteiger partial charge on any atom is 0.424 e. The molecular weight excluding hydrogens is 434 g/mol. The number of alkyl carbamates (subject to hydrolysis) is 1. The molecule has 1 atom stereocenters. The van der Waals surface area contributed by atoms with Crippen LogP contribution in [0.25, 0.3) is 0 Å². The van der Waals surface area contributed by atoms with E-state index in [2.05, 4.69) is 5.32 Å². The fourth-order valence-corrected chi connectivity index (χ4v) is 4.69. The molecule has 1 aliphatic rings. The molecule has 1 N–H and O–H groups in total. The normalized spacial score (nSPS) is 18.0. The van der Waals surface area contributed by atoms with Crippen LogP contribution < -0.4 is 5.32 Å². The highest BCUT2D eigenvalue weighted by Gasteiger charge is 2.41. The molecular formula is C22H35N3O6S. The van der Waals surface area contributed by atoms with Crippen molar-refractivity contribution in [3.05, 3.63) is 35.9 Å². The van der Waals surface area contributed by atoms with Crippen molar-refractivity contribution in [2.75, 3.05) is 19.6 Å². The van der Waals surface area contributed by atoms with Crippen LogP contribution in [0.15, 0.2) is 30.3 Å². The van der Waals surface area contributed by atoms with Crippen molar-refractivity contribution in [3.63, 3.8) is 0 Å². The molecule has 0 aliphatic carbocycles. The van der Waals surface area contributed by atoms with E-state index in [4.69, 9.17) is 9.47 Å². The van der Waals surface area contributed by atoms with Gasteiger partial charge in [0.25, 0.3) is 0 Å². The van der Waals surface area contributed by atoms with Gasteiger partial charge >= 0.3 is 22.4 Å². The first-order valence-electron chi connectivity index (χ1n) is 10.7. The van der Waals surface area contributed by atoms with E-state index in [0.29, 0.717) is 6.42 Å². The summed E-state index contributed by atoms with van der Waals surface area (Å²) in [7, 11) is -4.09. The molecule has 180 valence electrons. The Morgan fingerprint density at radius 3 is 2.25 bits per heavy atom. The first kappa shape index (κ1) is 25.9. The van der Waals surface area contributed by atoms with Gasteiger partial charge in [-0.05, 0) is 38.2 Å². The lowest BCUT2D eigenvalue weighted by atomic mass is 9.86. The standard InChI is InChI=1S/C22H35N3O6S/c1-21(2,3)18(23-19(26)31-22(4,5)6)15-24-13-10-14-25(32(24,28)29)20(27)30-16-17-11-8-7-9-12-17/h7-9,11-12,18H,10,13-16H2,1-6H3,(H,23,26)/t18-/m1/s1. The highest BCUT2D eigenvalue weighted by Crippen LogP contribution is 2.25. The van der Waals surface area contributed by atoms with Crippen LogP contribution in [-0.4, -0.2) is 60.5 Å². The average molecular weight is 470 g/mol. The summed E-state index contributed by atoms with van der Waals surface area (Å²) < 4.78 is 38.8. The summed E-state index contributed by atoms with van der Waals surface area (Å²) in [4.78, 5) is 24.9. The van der Waals surface area contributed by atoms with Gasteiger partial charge in [-0.1, -0.05) is 51.1 Å². The zero-order valence-corrected chi connectivity index (χ0v) is 20.6. The predicted octanol–water partition coefficient (Wildman–Crippen LogP) is 3.52. The summed E-state index contributed by atoms with van der Waals surface area (Å²) in [6.45, 7) is 11.3. The minimum Gasteiger partial charge on any atom is -0.444 e. The lowest BCUT2D eigenvalue weighted by Crippen LogP contribution is -2.58.